The van der Waals surface area contributed by atoms with Crippen LogP contribution in [0.1, 0.15) is 38.2 Å². The van der Waals surface area contributed by atoms with Gasteiger partial charge in [-0.15, -0.1) is 0 Å². The van der Waals surface area contributed by atoms with E-state index >= 15 is 0 Å². The van der Waals surface area contributed by atoms with Crippen molar-refractivity contribution in [1.82, 2.24) is 4.90 Å². The van der Waals surface area contributed by atoms with Crippen LogP contribution in [-0.4, -0.2) is 31.4 Å². The molecule has 1 aromatic carbocycles. The van der Waals surface area contributed by atoms with Gasteiger partial charge >= 0.3 is 0 Å². The quantitative estimate of drug-likeness (QED) is 0.830. The van der Waals surface area contributed by atoms with Crippen LogP contribution in [-0.2, 0) is 11.3 Å². The number of fused-ring (bicyclic) bond motifs is 2. The molecule has 3 nitrogen and oxygen atoms in total. The summed E-state index contributed by atoms with van der Waals surface area (Å²) in [6, 6.07) is 8.55. The second-order valence-electron chi connectivity index (χ2n) is 7.19. The van der Waals surface area contributed by atoms with Crippen molar-refractivity contribution in [3.05, 3.63) is 29.8 Å². The van der Waals surface area contributed by atoms with Crippen molar-refractivity contribution in [3.8, 4) is 0 Å². The van der Waals surface area contributed by atoms with Gasteiger partial charge in [-0.1, -0.05) is 18.6 Å². The first-order chi connectivity index (χ1) is 10.6. The second-order valence-corrected chi connectivity index (χ2v) is 7.19. The van der Waals surface area contributed by atoms with Crippen molar-refractivity contribution in [3.63, 3.8) is 0 Å². The number of hydrogen-bond acceptors (Lipinski definition) is 2. The van der Waals surface area contributed by atoms with Crippen molar-refractivity contribution in [2.75, 3.05) is 25.5 Å². The molecular formula is C19H28N2O. The first-order valence-electron chi connectivity index (χ1n) is 8.63. The maximum atomic E-state index is 12.9. The fourth-order valence-corrected chi connectivity index (χ4v) is 4.25. The molecule has 2 saturated carbocycles. The molecule has 2 aliphatic carbocycles. The molecule has 3 atom stereocenters. The molecule has 1 aromatic rings. The fourth-order valence-electron chi connectivity index (χ4n) is 4.25. The molecule has 0 N–H and O–H groups in total. The number of rotatable bonds is 5. The molecule has 0 spiro atoms. The van der Waals surface area contributed by atoms with Crippen molar-refractivity contribution in [2.45, 2.75) is 39.2 Å². The normalized spacial score (nSPS) is 26.2. The van der Waals surface area contributed by atoms with E-state index in [2.05, 4.69) is 41.0 Å². The molecule has 120 valence electrons. The summed E-state index contributed by atoms with van der Waals surface area (Å²) in [5, 5.41) is 0. The Kier molecular flexibility index (Phi) is 4.42. The van der Waals surface area contributed by atoms with Crippen LogP contribution in [0.2, 0.25) is 0 Å². The van der Waals surface area contributed by atoms with Crippen LogP contribution in [0.4, 0.5) is 5.69 Å². The zero-order chi connectivity index (χ0) is 15.7. The van der Waals surface area contributed by atoms with Gasteiger partial charge in [-0.2, -0.15) is 0 Å². The van der Waals surface area contributed by atoms with Crippen molar-refractivity contribution >= 4 is 11.6 Å². The third-order valence-corrected chi connectivity index (χ3v) is 5.57. The molecule has 0 radical (unpaired) electrons. The topological polar surface area (TPSA) is 23.6 Å². The fraction of sp³-hybridized carbons (Fsp3) is 0.632. The molecule has 0 saturated heterocycles. The van der Waals surface area contributed by atoms with Crippen LogP contribution in [0.25, 0.3) is 0 Å². The number of carbonyl (C=O) groups excluding carboxylic acids is 1. The third-order valence-electron chi connectivity index (χ3n) is 5.57. The molecule has 2 fully saturated rings. The Labute approximate surface area is 134 Å². The predicted octanol–water partition coefficient (Wildman–Crippen LogP) is 3.54. The molecule has 2 bridgehead atoms. The van der Waals surface area contributed by atoms with Crippen molar-refractivity contribution in [2.24, 2.45) is 17.8 Å². The minimum atomic E-state index is 0.305. The highest BCUT2D eigenvalue weighted by Gasteiger charge is 2.44. The van der Waals surface area contributed by atoms with Crippen LogP contribution in [0.3, 0.4) is 0 Å². The molecule has 3 unspecified atom stereocenters. The zero-order valence-corrected chi connectivity index (χ0v) is 14.1. The van der Waals surface area contributed by atoms with Crippen LogP contribution in [0.15, 0.2) is 24.3 Å². The Morgan fingerprint density at radius 2 is 1.86 bits per heavy atom. The minimum absolute atomic E-state index is 0.305. The van der Waals surface area contributed by atoms with Gasteiger partial charge in [-0.05, 0) is 55.7 Å². The predicted molar refractivity (Wildman–Crippen MR) is 90.8 cm³/mol. The first kappa shape index (κ1) is 15.4. The van der Waals surface area contributed by atoms with Gasteiger partial charge in [-0.25, -0.2) is 0 Å². The maximum Gasteiger partial charge on any atom is 0.226 e. The molecule has 1 amide bonds. The molecule has 0 aromatic heterocycles. The average molecular weight is 300 g/mol. The zero-order valence-electron chi connectivity index (χ0n) is 14.1. The highest BCUT2D eigenvalue weighted by Crippen LogP contribution is 2.48. The van der Waals surface area contributed by atoms with Crippen LogP contribution < -0.4 is 4.90 Å². The van der Waals surface area contributed by atoms with E-state index < -0.39 is 0 Å². The first-order valence-corrected chi connectivity index (χ1v) is 8.63. The summed E-state index contributed by atoms with van der Waals surface area (Å²) in [6.45, 7) is 3.65. The largest absolute Gasteiger partial charge is 0.378 e. The van der Waals surface area contributed by atoms with Gasteiger partial charge in [-0.3, -0.25) is 4.79 Å². The summed E-state index contributed by atoms with van der Waals surface area (Å²) in [5.74, 6) is 2.20. The van der Waals surface area contributed by atoms with Gasteiger partial charge < -0.3 is 9.80 Å². The standard InChI is InChI=1S/C19H28N2O/c1-4-21(13-14-6-9-17(10-7-14)20(2)3)19(22)18-12-15-5-8-16(18)11-15/h6-7,9-10,15-16,18H,4-5,8,11-13H2,1-3H3. The van der Waals surface area contributed by atoms with E-state index in [1.54, 1.807) is 0 Å². The van der Waals surface area contributed by atoms with E-state index in [1.807, 2.05) is 14.1 Å². The highest BCUT2D eigenvalue weighted by molar-refractivity contribution is 5.79. The van der Waals surface area contributed by atoms with E-state index in [0.29, 0.717) is 17.7 Å². The molecular weight excluding hydrogens is 272 g/mol. The van der Waals surface area contributed by atoms with Crippen LogP contribution >= 0.6 is 0 Å². The lowest BCUT2D eigenvalue weighted by Gasteiger charge is -2.29. The Morgan fingerprint density at radius 3 is 2.36 bits per heavy atom. The van der Waals surface area contributed by atoms with Crippen molar-refractivity contribution < 1.29 is 4.79 Å². The van der Waals surface area contributed by atoms with Gasteiger partial charge in [0.25, 0.3) is 0 Å². The average Bonchev–Trinajstić information content (AvgIpc) is 3.15. The third kappa shape index (κ3) is 2.99. The lowest BCUT2D eigenvalue weighted by Crippen LogP contribution is -2.37. The van der Waals surface area contributed by atoms with Crippen LogP contribution in [0.5, 0.6) is 0 Å². The summed E-state index contributed by atoms with van der Waals surface area (Å²) in [6.07, 6.45) is 5.06. The van der Waals surface area contributed by atoms with E-state index in [9.17, 15) is 4.79 Å². The SMILES string of the molecule is CCN(Cc1ccc(N(C)C)cc1)C(=O)C1CC2CCC1C2. The highest BCUT2D eigenvalue weighted by atomic mass is 16.2. The maximum absolute atomic E-state index is 12.9. The number of benzene rings is 1. The summed E-state index contributed by atoms with van der Waals surface area (Å²) in [5.41, 5.74) is 2.43. The van der Waals surface area contributed by atoms with Gasteiger partial charge in [0.15, 0.2) is 0 Å². The summed E-state index contributed by atoms with van der Waals surface area (Å²) >= 11 is 0. The van der Waals surface area contributed by atoms with Gasteiger partial charge in [0.05, 0.1) is 0 Å². The molecule has 3 rings (SSSR count). The lowest BCUT2D eigenvalue weighted by atomic mass is 9.87. The molecule has 3 heteroatoms. The van der Waals surface area contributed by atoms with Crippen LogP contribution in [0, 0.1) is 17.8 Å². The lowest BCUT2D eigenvalue weighted by molar-refractivity contribution is -0.137. The number of amides is 1. The molecule has 0 aliphatic heterocycles. The van der Waals surface area contributed by atoms with E-state index in [1.165, 1.54) is 30.5 Å². The van der Waals surface area contributed by atoms with Gasteiger partial charge in [0.2, 0.25) is 5.91 Å². The number of anilines is 1. The number of carbonyl (C=O) groups is 1. The van der Waals surface area contributed by atoms with Gasteiger partial charge in [0.1, 0.15) is 0 Å². The number of nitrogens with zero attached hydrogens (tertiary/aromatic N) is 2. The Morgan fingerprint density at radius 1 is 1.14 bits per heavy atom. The summed E-state index contributed by atoms with van der Waals surface area (Å²) in [4.78, 5) is 17.0. The molecule has 0 heterocycles. The summed E-state index contributed by atoms with van der Waals surface area (Å²) in [7, 11) is 4.10. The number of hydrogen-bond donors (Lipinski definition) is 0. The molecule has 22 heavy (non-hydrogen) atoms. The Hall–Kier alpha value is -1.51. The van der Waals surface area contributed by atoms with E-state index in [4.69, 9.17) is 0 Å². The van der Waals surface area contributed by atoms with E-state index in [0.717, 1.165) is 25.4 Å². The molecule has 2 aliphatic rings. The minimum Gasteiger partial charge on any atom is -0.378 e. The summed E-state index contributed by atoms with van der Waals surface area (Å²) < 4.78 is 0. The smallest absolute Gasteiger partial charge is 0.226 e. The van der Waals surface area contributed by atoms with E-state index in [-0.39, 0.29) is 0 Å². The Bertz CT molecular complexity index is 523. The van der Waals surface area contributed by atoms with Crippen molar-refractivity contribution in [1.29, 1.82) is 0 Å². The Balaban J connectivity index is 1.65. The van der Waals surface area contributed by atoms with Gasteiger partial charge in [0, 0.05) is 38.8 Å². The monoisotopic (exact) mass is 300 g/mol. The second kappa shape index (κ2) is 6.31.